The molecule has 0 aliphatic heterocycles. The zero-order valence-electron chi connectivity index (χ0n) is 13.4. The fraction of sp³-hybridized carbons (Fsp3) is 0.263. The van der Waals surface area contributed by atoms with Crippen molar-refractivity contribution in [3.63, 3.8) is 0 Å². The van der Waals surface area contributed by atoms with Crippen molar-refractivity contribution < 1.29 is 19.4 Å². The summed E-state index contributed by atoms with van der Waals surface area (Å²) >= 11 is 0. The Labute approximate surface area is 141 Å². The molecule has 2 rings (SSSR count). The minimum absolute atomic E-state index is 0.228. The van der Waals surface area contributed by atoms with Gasteiger partial charge in [-0.3, -0.25) is 4.79 Å². The normalized spacial score (nSPS) is 11.7. The minimum Gasteiger partial charge on any atom is -0.479 e. The number of hydrogen-bond donors (Lipinski definition) is 2. The van der Waals surface area contributed by atoms with Crippen LogP contribution in [0.3, 0.4) is 0 Å². The second-order valence-corrected chi connectivity index (χ2v) is 5.39. The fourth-order valence-corrected chi connectivity index (χ4v) is 2.27. The summed E-state index contributed by atoms with van der Waals surface area (Å²) < 4.78 is 5.51. The smallest absolute Gasteiger partial charge is 0.330 e. The largest absolute Gasteiger partial charge is 0.479 e. The van der Waals surface area contributed by atoms with Gasteiger partial charge in [0.15, 0.2) is 6.04 Å². The van der Waals surface area contributed by atoms with Gasteiger partial charge in [-0.15, -0.1) is 0 Å². The molecule has 0 aliphatic rings. The Morgan fingerprint density at radius 2 is 1.62 bits per heavy atom. The predicted molar refractivity (Wildman–Crippen MR) is 90.3 cm³/mol. The molecule has 2 aromatic rings. The van der Waals surface area contributed by atoms with E-state index in [1.165, 1.54) is 0 Å². The lowest BCUT2D eigenvalue weighted by Gasteiger charge is -2.14. The van der Waals surface area contributed by atoms with Crippen molar-refractivity contribution in [1.82, 2.24) is 5.32 Å². The molecule has 0 radical (unpaired) electrons. The van der Waals surface area contributed by atoms with Gasteiger partial charge in [-0.05, 0) is 17.5 Å². The van der Waals surface area contributed by atoms with Gasteiger partial charge in [0.05, 0.1) is 6.61 Å². The second-order valence-electron chi connectivity index (χ2n) is 5.39. The van der Waals surface area contributed by atoms with E-state index >= 15 is 0 Å². The van der Waals surface area contributed by atoms with Gasteiger partial charge in [0.25, 0.3) is 0 Å². The maximum atomic E-state index is 11.9. The number of nitrogens with one attached hydrogen (secondary N) is 1. The van der Waals surface area contributed by atoms with E-state index in [4.69, 9.17) is 4.74 Å². The van der Waals surface area contributed by atoms with Crippen LogP contribution >= 0.6 is 0 Å². The number of carbonyl (C=O) groups excluding carboxylic acids is 1. The van der Waals surface area contributed by atoms with Crippen molar-refractivity contribution in [2.75, 3.05) is 6.61 Å². The molecule has 1 atom stereocenters. The topological polar surface area (TPSA) is 75.6 Å². The lowest BCUT2D eigenvalue weighted by atomic mass is 10.1. The van der Waals surface area contributed by atoms with Crippen molar-refractivity contribution in [3.8, 4) is 0 Å². The number of benzene rings is 2. The maximum absolute atomic E-state index is 11.9. The zero-order valence-corrected chi connectivity index (χ0v) is 13.4. The van der Waals surface area contributed by atoms with E-state index in [2.05, 4.69) is 5.32 Å². The molecular formula is C19H21NO4. The molecule has 0 aliphatic carbocycles. The van der Waals surface area contributed by atoms with E-state index in [0.29, 0.717) is 25.2 Å². The Morgan fingerprint density at radius 1 is 1.00 bits per heavy atom. The summed E-state index contributed by atoms with van der Waals surface area (Å²) in [6.45, 7) is 0.954. The van der Waals surface area contributed by atoms with Crippen LogP contribution < -0.4 is 5.32 Å². The molecule has 2 N–H and O–H groups in total. The van der Waals surface area contributed by atoms with Gasteiger partial charge in [-0.2, -0.15) is 0 Å². The second kappa shape index (κ2) is 9.47. The Hall–Kier alpha value is -2.66. The Morgan fingerprint density at radius 3 is 2.25 bits per heavy atom. The highest BCUT2D eigenvalue weighted by Crippen LogP contribution is 2.13. The first-order valence-electron chi connectivity index (χ1n) is 7.85. The monoisotopic (exact) mass is 327 g/mol. The highest BCUT2D eigenvalue weighted by molar-refractivity contribution is 5.84. The first-order chi connectivity index (χ1) is 11.7. The Kier molecular flexibility index (Phi) is 6.98. The van der Waals surface area contributed by atoms with Gasteiger partial charge >= 0.3 is 5.97 Å². The number of ether oxygens (including phenoxy) is 1. The number of aliphatic carboxylic acids is 1. The number of carbonyl (C=O) groups is 2. The van der Waals surface area contributed by atoms with Gasteiger partial charge < -0.3 is 15.2 Å². The van der Waals surface area contributed by atoms with E-state index in [1.807, 2.05) is 30.3 Å². The summed E-state index contributed by atoms with van der Waals surface area (Å²) in [6, 6.07) is 17.4. The van der Waals surface area contributed by atoms with Crippen molar-refractivity contribution >= 4 is 11.9 Å². The summed E-state index contributed by atoms with van der Waals surface area (Å²) in [7, 11) is 0. The van der Waals surface area contributed by atoms with E-state index in [1.54, 1.807) is 30.3 Å². The van der Waals surface area contributed by atoms with E-state index < -0.39 is 12.0 Å². The molecule has 1 amide bonds. The zero-order chi connectivity index (χ0) is 17.2. The maximum Gasteiger partial charge on any atom is 0.330 e. The van der Waals surface area contributed by atoms with Crippen molar-refractivity contribution in [3.05, 3.63) is 71.8 Å². The molecule has 0 heterocycles. The summed E-state index contributed by atoms with van der Waals surface area (Å²) in [4.78, 5) is 23.3. The molecule has 0 saturated heterocycles. The quantitative estimate of drug-likeness (QED) is 0.694. The molecule has 0 aromatic heterocycles. The molecule has 126 valence electrons. The SMILES string of the molecule is O=C(CCCOCc1ccccc1)N[C@H](C(=O)O)c1ccccc1. The summed E-state index contributed by atoms with van der Waals surface area (Å²) in [6.07, 6.45) is 0.769. The van der Waals surface area contributed by atoms with Gasteiger partial charge in [0.2, 0.25) is 5.91 Å². The predicted octanol–water partition coefficient (Wildman–Crippen LogP) is 2.93. The van der Waals surface area contributed by atoms with Crippen LogP contribution in [0.2, 0.25) is 0 Å². The first-order valence-corrected chi connectivity index (χ1v) is 7.85. The molecule has 0 unspecified atom stereocenters. The lowest BCUT2D eigenvalue weighted by molar-refractivity contribution is -0.142. The van der Waals surface area contributed by atoms with Gasteiger partial charge in [-0.1, -0.05) is 60.7 Å². The highest BCUT2D eigenvalue weighted by atomic mass is 16.5. The standard InChI is InChI=1S/C19H21NO4/c21-17(12-7-13-24-14-15-8-3-1-4-9-15)20-18(19(22)23)16-10-5-2-6-11-16/h1-6,8-11,18H,7,12-14H2,(H,20,21)(H,22,23)/t18-/m0/s1. The van der Waals surface area contributed by atoms with Gasteiger partial charge in [0.1, 0.15) is 0 Å². The summed E-state index contributed by atoms with van der Waals surface area (Å²) in [5.74, 6) is -1.37. The molecule has 0 fully saturated rings. The van der Waals surface area contributed by atoms with Crippen LogP contribution in [0.4, 0.5) is 0 Å². The van der Waals surface area contributed by atoms with E-state index in [0.717, 1.165) is 5.56 Å². The molecule has 2 aromatic carbocycles. The molecule has 0 spiro atoms. The highest BCUT2D eigenvalue weighted by Gasteiger charge is 2.21. The number of rotatable bonds is 9. The van der Waals surface area contributed by atoms with Crippen molar-refractivity contribution in [1.29, 1.82) is 0 Å². The number of carboxylic acid groups (broad SMARTS) is 1. The Balaban J connectivity index is 1.71. The number of hydrogen-bond acceptors (Lipinski definition) is 3. The molecule has 0 bridgehead atoms. The fourth-order valence-electron chi connectivity index (χ4n) is 2.27. The van der Waals surface area contributed by atoms with Crippen LogP contribution in [-0.2, 0) is 20.9 Å². The van der Waals surface area contributed by atoms with Crippen molar-refractivity contribution in [2.45, 2.75) is 25.5 Å². The third kappa shape index (κ3) is 5.85. The van der Waals surface area contributed by atoms with Crippen molar-refractivity contribution in [2.24, 2.45) is 0 Å². The minimum atomic E-state index is -1.07. The lowest BCUT2D eigenvalue weighted by Crippen LogP contribution is -2.33. The summed E-state index contributed by atoms with van der Waals surface area (Å²) in [5.41, 5.74) is 1.63. The molecule has 24 heavy (non-hydrogen) atoms. The van der Waals surface area contributed by atoms with Crippen LogP contribution in [0.5, 0.6) is 0 Å². The molecule has 5 nitrogen and oxygen atoms in total. The van der Waals surface area contributed by atoms with Crippen LogP contribution in [0, 0.1) is 0 Å². The van der Waals surface area contributed by atoms with E-state index in [9.17, 15) is 14.7 Å². The molecule has 5 heteroatoms. The third-order valence-electron chi connectivity index (χ3n) is 3.49. The van der Waals surface area contributed by atoms with Gasteiger partial charge in [-0.25, -0.2) is 4.79 Å². The van der Waals surface area contributed by atoms with Crippen LogP contribution in [-0.4, -0.2) is 23.6 Å². The Bertz CT molecular complexity index is 643. The van der Waals surface area contributed by atoms with Crippen LogP contribution in [0.25, 0.3) is 0 Å². The van der Waals surface area contributed by atoms with Gasteiger partial charge in [0, 0.05) is 13.0 Å². The van der Waals surface area contributed by atoms with Crippen LogP contribution in [0.15, 0.2) is 60.7 Å². The average Bonchev–Trinajstić information content (AvgIpc) is 2.61. The van der Waals surface area contributed by atoms with Crippen LogP contribution in [0.1, 0.15) is 30.0 Å². The number of carboxylic acids is 1. The molecule has 0 saturated carbocycles. The molecular weight excluding hydrogens is 306 g/mol. The average molecular weight is 327 g/mol. The first kappa shape index (κ1) is 17.7. The summed E-state index contributed by atoms with van der Waals surface area (Å²) in [5, 5.41) is 11.8. The number of amides is 1. The van der Waals surface area contributed by atoms with E-state index in [-0.39, 0.29) is 12.3 Å². The third-order valence-corrected chi connectivity index (χ3v) is 3.49.